The lowest BCUT2D eigenvalue weighted by atomic mass is 9.95. The van der Waals surface area contributed by atoms with Gasteiger partial charge in [-0.1, -0.05) is 5.16 Å². The van der Waals surface area contributed by atoms with Gasteiger partial charge >= 0.3 is 6.18 Å². The molecule has 4 heterocycles. The Hall–Kier alpha value is -4.57. The molecular weight excluding hydrogens is 530 g/mol. The van der Waals surface area contributed by atoms with Gasteiger partial charge in [-0.3, -0.25) is 19.5 Å². The molecule has 1 aliphatic heterocycles. The topological polar surface area (TPSA) is 162 Å². The largest absolute Gasteiger partial charge is 0.433 e. The van der Waals surface area contributed by atoms with Crippen LogP contribution in [-0.2, 0) is 20.5 Å². The van der Waals surface area contributed by atoms with Crippen LogP contribution < -0.4 is 16.0 Å². The average Bonchev–Trinajstić information content (AvgIpc) is 3.51. The fourth-order valence-electron chi connectivity index (χ4n) is 4.03. The van der Waals surface area contributed by atoms with Crippen molar-refractivity contribution in [3.63, 3.8) is 0 Å². The molecule has 1 saturated heterocycles. The van der Waals surface area contributed by atoms with Crippen molar-refractivity contribution in [2.75, 3.05) is 29.1 Å². The van der Waals surface area contributed by atoms with E-state index in [9.17, 15) is 32.3 Å². The summed E-state index contributed by atoms with van der Waals surface area (Å²) in [5.41, 5.74) is 1.89. The zero-order chi connectivity index (χ0) is 28.1. The van der Waals surface area contributed by atoms with E-state index in [0.29, 0.717) is 0 Å². The molecule has 1 fully saturated rings. The first-order chi connectivity index (χ1) is 18.4. The molecule has 39 heavy (non-hydrogen) atoms. The number of rotatable bonds is 5. The lowest BCUT2D eigenvalue weighted by Crippen LogP contribution is -2.61. The maximum absolute atomic E-state index is 14.4. The fraction of sp³-hybridized carbons (Fsp3) is 0.261. The second-order valence-electron chi connectivity index (χ2n) is 8.76. The van der Waals surface area contributed by atoms with Gasteiger partial charge in [0, 0.05) is 30.2 Å². The van der Waals surface area contributed by atoms with Crippen molar-refractivity contribution in [1.82, 2.24) is 19.9 Å². The highest BCUT2D eigenvalue weighted by atomic mass is 19.4. The number of benzene rings is 1. The van der Waals surface area contributed by atoms with E-state index in [0.717, 1.165) is 34.8 Å². The number of carbonyl (C=O) groups excluding carboxylic acids is 2. The number of nitrogens with one attached hydrogen (secondary N) is 1. The number of pyridine rings is 1. The van der Waals surface area contributed by atoms with Crippen LogP contribution in [0.3, 0.4) is 0 Å². The van der Waals surface area contributed by atoms with Crippen LogP contribution in [0, 0.1) is 5.82 Å². The zero-order valence-electron chi connectivity index (χ0n) is 19.9. The van der Waals surface area contributed by atoms with Crippen LogP contribution >= 0.6 is 0 Å². The maximum atomic E-state index is 14.4. The van der Waals surface area contributed by atoms with Crippen molar-refractivity contribution in [2.24, 2.45) is 0 Å². The van der Waals surface area contributed by atoms with Crippen molar-refractivity contribution >= 4 is 40.1 Å². The number of anilines is 3. The number of hydrogen-bond donors (Lipinski definition) is 3. The smallest absolute Gasteiger partial charge is 0.380 e. The van der Waals surface area contributed by atoms with Gasteiger partial charge in [-0.2, -0.15) is 13.2 Å². The molecule has 0 saturated carbocycles. The molecule has 4 N–H and O–H groups in total. The quantitative estimate of drug-likeness (QED) is 0.317. The van der Waals surface area contributed by atoms with Crippen molar-refractivity contribution in [2.45, 2.75) is 24.8 Å². The summed E-state index contributed by atoms with van der Waals surface area (Å²) in [7, 11) is 0. The number of ether oxygens (including phenoxy) is 1. The van der Waals surface area contributed by atoms with E-state index in [2.05, 4.69) is 20.6 Å². The summed E-state index contributed by atoms with van der Waals surface area (Å²) < 4.78 is 64.9. The predicted molar refractivity (Wildman–Crippen MR) is 126 cm³/mol. The molecule has 12 nitrogen and oxygen atoms in total. The number of fused-ring (bicyclic) bond motifs is 1. The van der Waals surface area contributed by atoms with Crippen LogP contribution in [0.1, 0.15) is 12.6 Å². The van der Waals surface area contributed by atoms with E-state index < -0.39 is 41.2 Å². The fourth-order valence-corrected chi connectivity index (χ4v) is 4.03. The van der Waals surface area contributed by atoms with Crippen molar-refractivity contribution in [3.05, 3.63) is 54.2 Å². The van der Waals surface area contributed by atoms with Crippen LogP contribution in [0.4, 0.5) is 34.9 Å². The van der Waals surface area contributed by atoms with E-state index >= 15 is 0 Å². The van der Waals surface area contributed by atoms with Crippen molar-refractivity contribution in [1.29, 1.82) is 0 Å². The highest BCUT2D eigenvalue weighted by molar-refractivity contribution is 6.06. The zero-order valence-corrected chi connectivity index (χ0v) is 19.9. The first kappa shape index (κ1) is 26.1. The molecule has 4 aromatic rings. The molecule has 5 rings (SSSR count). The highest BCUT2D eigenvalue weighted by Crippen LogP contribution is 2.31. The molecule has 204 valence electrons. The monoisotopic (exact) mass is 549 g/mol. The molecule has 2 atom stereocenters. The lowest BCUT2D eigenvalue weighted by molar-refractivity contribution is -0.165. The molecule has 0 radical (unpaired) electrons. The number of hydrogen-bond acceptors (Lipinski definition) is 9. The van der Waals surface area contributed by atoms with Gasteiger partial charge in [0.05, 0.1) is 18.8 Å². The number of nitrogens with zero attached hydrogens (tertiary/aromatic N) is 5. The van der Waals surface area contributed by atoms with Gasteiger partial charge in [-0.05, 0) is 25.1 Å². The molecule has 3 aromatic heterocycles. The van der Waals surface area contributed by atoms with Gasteiger partial charge in [-0.25, -0.2) is 9.07 Å². The van der Waals surface area contributed by atoms with Gasteiger partial charge in [0.2, 0.25) is 0 Å². The number of aliphatic hydroxyl groups is 1. The van der Waals surface area contributed by atoms with Crippen LogP contribution in [0.15, 0.2) is 47.2 Å². The number of alkyl halides is 3. The second-order valence-corrected chi connectivity index (χ2v) is 8.76. The number of nitrogen functional groups attached to an aromatic ring is 1. The third-order valence-electron chi connectivity index (χ3n) is 6.02. The molecule has 16 heteroatoms. The Morgan fingerprint density at radius 2 is 2.03 bits per heavy atom. The number of amides is 2. The first-order valence-electron chi connectivity index (χ1n) is 11.3. The van der Waals surface area contributed by atoms with Crippen molar-refractivity contribution in [3.8, 4) is 5.69 Å². The molecule has 1 aliphatic rings. The SMILES string of the molecule is C[C@](O)(C(=O)Nc1cc(F)c2c(N)noc2c1)[C@H]1OCCN(c2ccn(-c3ccnc(C(F)(F)F)c3)n2)C1=O. The summed E-state index contributed by atoms with van der Waals surface area (Å²) >= 11 is 0. The predicted octanol–water partition coefficient (Wildman–Crippen LogP) is 2.27. The van der Waals surface area contributed by atoms with Crippen LogP contribution in [0.2, 0.25) is 0 Å². The minimum Gasteiger partial charge on any atom is -0.380 e. The normalized spacial score (nSPS) is 17.8. The summed E-state index contributed by atoms with van der Waals surface area (Å²) in [6.45, 7) is 0.936. The number of aromatic nitrogens is 4. The molecule has 0 bridgehead atoms. The van der Waals surface area contributed by atoms with E-state index in [1.165, 1.54) is 24.4 Å². The summed E-state index contributed by atoms with van der Waals surface area (Å²) in [5.74, 6) is -2.88. The molecule has 0 spiro atoms. The molecule has 0 aliphatic carbocycles. The highest BCUT2D eigenvalue weighted by Gasteiger charge is 2.49. The van der Waals surface area contributed by atoms with Crippen molar-refractivity contribution < 1.29 is 41.5 Å². The Balaban J connectivity index is 1.35. The second kappa shape index (κ2) is 9.32. The van der Waals surface area contributed by atoms with Gasteiger partial charge in [0.25, 0.3) is 11.8 Å². The van der Waals surface area contributed by atoms with Crippen LogP contribution in [0.5, 0.6) is 0 Å². The van der Waals surface area contributed by atoms with E-state index in [4.69, 9.17) is 15.0 Å². The van der Waals surface area contributed by atoms with Crippen LogP contribution in [0.25, 0.3) is 16.7 Å². The Morgan fingerprint density at radius 1 is 1.26 bits per heavy atom. The lowest BCUT2D eigenvalue weighted by Gasteiger charge is -2.37. The third-order valence-corrected chi connectivity index (χ3v) is 6.02. The third kappa shape index (κ3) is 4.74. The maximum Gasteiger partial charge on any atom is 0.433 e. The summed E-state index contributed by atoms with van der Waals surface area (Å²) in [6.07, 6.45) is -4.03. The van der Waals surface area contributed by atoms with Gasteiger partial charge in [0.15, 0.2) is 28.9 Å². The number of nitrogens with two attached hydrogens (primary N) is 1. The minimum atomic E-state index is -4.66. The number of carbonyl (C=O) groups is 2. The van der Waals surface area contributed by atoms with Gasteiger partial charge in [-0.15, -0.1) is 5.10 Å². The minimum absolute atomic E-state index is 0.0109. The average molecular weight is 549 g/mol. The van der Waals surface area contributed by atoms with E-state index in [1.54, 1.807) is 0 Å². The number of morpholine rings is 1. The molecule has 2 amide bonds. The van der Waals surface area contributed by atoms with Gasteiger partial charge in [0.1, 0.15) is 16.9 Å². The standard InChI is InChI=1S/C23H19F4N7O5/c1-22(37,21(36)30-11-8-13(24)17-14(9-11)39-32-19(17)28)18-20(35)33(6-7-38-18)16-3-5-34(31-16)12-2-4-29-15(10-12)23(25,26)27/h2-5,8-10,18,37H,6-7H2,1H3,(H2,28,32)(H,30,36)/t18-,22+/m0/s1. The van der Waals surface area contributed by atoms with Gasteiger partial charge < -0.3 is 25.4 Å². The first-order valence-corrected chi connectivity index (χ1v) is 11.3. The van der Waals surface area contributed by atoms with E-state index in [1.807, 2.05) is 0 Å². The summed E-state index contributed by atoms with van der Waals surface area (Å²) in [4.78, 5) is 30.6. The Labute approximate surface area is 215 Å². The summed E-state index contributed by atoms with van der Waals surface area (Å²) in [5, 5.41) is 20.9. The molecule has 1 aromatic carbocycles. The van der Waals surface area contributed by atoms with E-state index in [-0.39, 0.29) is 47.1 Å². The Morgan fingerprint density at radius 3 is 2.77 bits per heavy atom. The van der Waals surface area contributed by atoms with Crippen LogP contribution in [-0.4, -0.2) is 61.7 Å². The summed E-state index contributed by atoms with van der Waals surface area (Å²) in [6, 6.07) is 5.66. The molecular formula is C23H19F4N7O5. The number of halogens is 4. The molecule has 0 unspecified atom stereocenters. The Bertz CT molecular complexity index is 1580. The Kier molecular flexibility index (Phi) is 6.22.